The van der Waals surface area contributed by atoms with Gasteiger partial charge in [-0.1, -0.05) is 48.6 Å². The fourth-order valence-electron chi connectivity index (χ4n) is 3.69. The van der Waals surface area contributed by atoms with Crippen molar-refractivity contribution < 1.29 is 4.74 Å². The van der Waals surface area contributed by atoms with Gasteiger partial charge in [-0.15, -0.1) is 13.2 Å². The lowest BCUT2D eigenvalue weighted by Gasteiger charge is -2.38. The van der Waals surface area contributed by atoms with E-state index in [0.717, 1.165) is 19.0 Å². The zero-order valence-electron chi connectivity index (χ0n) is 15.5. The van der Waals surface area contributed by atoms with Gasteiger partial charge in [0.15, 0.2) is 5.90 Å². The van der Waals surface area contributed by atoms with Crippen LogP contribution in [0, 0.1) is 0 Å². The minimum absolute atomic E-state index is 0.157. The van der Waals surface area contributed by atoms with Crippen LogP contribution < -0.4 is 0 Å². The van der Waals surface area contributed by atoms with Crippen LogP contribution in [0.1, 0.15) is 37.9 Å². The Morgan fingerprint density at radius 1 is 1.20 bits per heavy atom. The molecule has 0 N–H and O–H groups in total. The fourth-order valence-corrected chi connectivity index (χ4v) is 3.69. The first-order chi connectivity index (χ1) is 11.9. The number of ether oxygens (including phenoxy) is 1. The minimum atomic E-state index is -0.325. The van der Waals surface area contributed by atoms with E-state index in [1.807, 2.05) is 12.2 Å². The third-order valence-electron chi connectivity index (χ3n) is 4.98. The first-order valence-corrected chi connectivity index (χ1v) is 8.89. The highest BCUT2D eigenvalue weighted by atomic mass is 16.5. The Morgan fingerprint density at radius 3 is 2.48 bits per heavy atom. The van der Waals surface area contributed by atoms with Crippen molar-refractivity contribution in [3.63, 3.8) is 0 Å². The van der Waals surface area contributed by atoms with E-state index >= 15 is 0 Å². The summed E-state index contributed by atoms with van der Waals surface area (Å²) in [6, 6.07) is 8.81. The predicted molar refractivity (Wildman–Crippen MR) is 105 cm³/mol. The second-order valence-corrected chi connectivity index (χ2v) is 7.64. The average Bonchev–Trinajstić information content (AvgIpc) is 2.96. The molecule has 1 aliphatic carbocycles. The minimum Gasteiger partial charge on any atom is -0.478 e. The Balaban J connectivity index is 2.05. The Labute approximate surface area is 151 Å². The van der Waals surface area contributed by atoms with Crippen LogP contribution >= 0.6 is 0 Å². The molecule has 1 aromatic rings. The molecule has 25 heavy (non-hydrogen) atoms. The van der Waals surface area contributed by atoms with Gasteiger partial charge in [0, 0.05) is 13.1 Å². The fraction of sp³-hybridized carbons (Fsp3) is 0.409. The standard InChI is InChI=1S/C22H28N2O/c1-6-14-24(15-7-2)19-12-13-22(5,18-11-9-8-10-17(18)19)20-23-21(3,4)16-25-20/h6-13,19H,1-2,14-16H2,3-5H3/t19-,22-/m0/s1. The summed E-state index contributed by atoms with van der Waals surface area (Å²) >= 11 is 0. The van der Waals surface area contributed by atoms with E-state index in [4.69, 9.17) is 9.73 Å². The number of aliphatic imine (C=N–C) groups is 1. The Morgan fingerprint density at radius 2 is 1.88 bits per heavy atom. The van der Waals surface area contributed by atoms with Crippen LogP contribution in [0.25, 0.3) is 0 Å². The summed E-state index contributed by atoms with van der Waals surface area (Å²) < 4.78 is 6.01. The van der Waals surface area contributed by atoms with E-state index in [1.54, 1.807) is 0 Å². The Bertz CT molecular complexity index is 721. The molecule has 3 nitrogen and oxygen atoms in total. The maximum absolute atomic E-state index is 6.01. The van der Waals surface area contributed by atoms with E-state index < -0.39 is 0 Å². The topological polar surface area (TPSA) is 24.8 Å². The monoisotopic (exact) mass is 336 g/mol. The second kappa shape index (κ2) is 6.64. The van der Waals surface area contributed by atoms with Crippen molar-refractivity contribution >= 4 is 5.90 Å². The molecule has 0 amide bonds. The summed E-state index contributed by atoms with van der Waals surface area (Å²) in [6.07, 6.45) is 8.41. The molecule has 132 valence electrons. The maximum Gasteiger partial charge on any atom is 0.198 e. The lowest BCUT2D eigenvalue weighted by Crippen LogP contribution is -2.38. The van der Waals surface area contributed by atoms with E-state index in [1.165, 1.54) is 11.1 Å². The van der Waals surface area contributed by atoms with Gasteiger partial charge in [-0.2, -0.15) is 0 Å². The van der Waals surface area contributed by atoms with Crippen LogP contribution in [0.4, 0.5) is 0 Å². The molecule has 0 radical (unpaired) electrons. The van der Waals surface area contributed by atoms with Crippen molar-refractivity contribution in [3.8, 4) is 0 Å². The van der Waals surface area contributed by atoms with Crippen molar-refractivity contribution in [3.05, 3.63) is 72.9 Å². The summed E-state index contributed by atoms with van der Waals surface area (Å²) in [7, 11) is 0. The number of fused-ring (bicyclic) bond motifs is 1. The van der Waals surface area contributed by atoms with E-state index in [-0.39, 0.29) is 17.0 Å². The van der Waals surface area contributed by atoms with Crippen molar-refractivity contribution in [2.75, 3.05) is 19.7 Å². The molecule has 0 fully saturated rings. The number of rotatable bonds is 6. The molecule has 2 aliphatic rings. The summed E-state index contributed by atoms with van der Waals surface area (Å²) in [5.74, 6) is 0.818. The molecule has 1 aromatic carbocycles. The van der Waals surface area contributed by atoms with Gasteiger partial charge >= 0.3 is 0 Å². The predicted octanol–water partition coefficient (Wildman–Crippen LogP) is 4.44. The molecular weight excluding hydrogens is 308 g/mol. The third-order valence-corrected chi connectivity index (χ3v) is 4.98. The summed E-state index contributed by atoms with van der Waals surface area (Å²) in [5, 5.41) is 0. The quantitative estimate of drug-likeness (QED) is 0.718. The van der Waals surface area contributed by atoms with Gasteiger partial charge in [0.25, 0.3) is 0 Å². The molecule has 0 unspecified atom stereocenters. The molecular formula is C22H28N2O. The van der Waals surface area contributed by atoms with Gasteiger partial charge < -0.3 is 4.74 Å². The molecule has 0 spiro atoms. The molecule has 3 rings (SSSR count). The highest BCUT2D eigenvalue weighted by Crippen LogP contribution is 2.42. The normalized spacial score (nSPS) is 26.7. The smallest absolute Gasteiger partial charge is 0.198 e. The van der Waals surface area contributed by atoms with Crippen LogP contribution in [0.15, 0.2) is 66.7 Å². The Hall–Kier alpha value is -2.13. The van der Waals surface area contributed by atoms with Crippen molar-refractivity contribution in [1.29, 1.82) is 0 Å². The maximum atomic E-state index is 6.01. The SMILES string of the molecule is C=CCN(CC=C)[C@H]1C=C[C@](C)(C2=NC(C)(C)CO2)c2ccccc21. The second-order valence-electron chi connectivity index (χ2n) is 7.64. The van der Waals surface area contributed by atoms with E-state index in [9.17, 15) is 0 Å². The van der Waals surface area contributed by atoms with Crippen LogP contribution in [-0.4, -0.2) is 36.0 Å². The lowest BCUT2D eigenvalue weighted by atomic mass is 9.73. The first-order valence-electron chi connectivity index (χ1n) is 8.89. The zero-order chi connectivity index (χ0) is 18.1. The third kappa shape index (κ3) is 3.21. The van der Waals surface area contributed by atoms with E-state index in [2.05, 4.69) is 75.2 Å². The number of hydrogen-bond acceptors (Lipinski definition) is 3. The lowest BCUT2D eigenvalue weighted by molar-refractivity contribution is 0.260. The molecule has 1 aliphatic heterocycles. The molecule has 0 bridgehead atoms. The highest BCUT2D eigenvalue weighted by Gasteiger charge is 2.42. The highest BCUT2D eigenvalue weighted by molar-refractivity contribution is 5.92. The zero-order valence-corrected chi connectivity index (χ0v) is 15.5. The van der Waals surface area contributed by atoms with Gasteiger partial charge in [-0.25, -0.2) is 4.99 Å². The van der Waals surface area contributed by atoms with E-state index in [0.29, 0.717) is 6.61 Å². The first kappa shape index (κ1) is 17.7. The van der Waals surface area contributed by atoms with Crippen LogP contribution in [0.2, 0.25) is 0 Å². The summed E-state index contributed by atoms with van der Waals surface area (Å²) in [6.45, 7) is 16.5. The number of benzene rings is 1. The molecule has 0 saturated heterocycles. The van der Waals surface area contributed by atoms with Crippen molar-refractivity contribution in [2.24, 2.45) is 4.99 Å². The van der Waals surface area contributed by atoms with Gasteiger partial charge in [0.05, 0.1) is 17.0 Å². The molecule has 0 aromatic heterocycles. The van der Waals surface area contributed by atoms with Crippen molar-refractivity contribution in [2.45, 2.75) is 37.8 Å². The number of nitrogens with zero attached hydrogens (tertiary/aromatic N) is 2. The summed E-state index contributed by atoms with van der Waals surface area (Å²) in [4.78, 5) is 7.21. The van der Waals surface area contributed by atoms with Gasteiger partial charge in [-0.05, 0) is 31.9 Å². The van der Waals surface area contributed by atoms with Gasteiger partial charge in [0.1, 0.15) is 6.61 Å². The molecule has 3 heteroatoms. The molecule has 0 saturated carbocycles. The summed E-state index contributed by atoms with van der Waals surface area (Å²) in [5.41, 5.74) is 2.08. The average molecular weight is 336 g/mol. The van der Waals surface area contributed by atoms with Crippen molar-refractivity contribution in [1.82, 2.24) is 4.90 Å². The Kier molecular flexibility index (Phi) is 4.70. The van der Waals surface area contributed by atoms with Gasteiger partial charge in [-0.3, -0.25) is 4.90 Å². The van der Waals surface area contributed by atoms with Crippen LogP contribution in [0.3, 0.4) is 0 Å². The number of hydrogen-bond donors (Lipinski definition) is 0. The largest absolute Gasteiger partial charge is 0.478 e. The van der Waals surface area contributed by atoms with Crippen LogP contribution in [-0.2, 0) is 10.2 Å². The molecule has 1 heterocycles. The molecule has 2 atom stereocenters. The van der Waals surface area contributed by atoms with Crippen LogP contribution in [0.5, 0.6) is 0 Å². The van der Waals surface area contributed by atoms with Gasteiger partial charge in [0.2, 0.25) is 0 Å².